The number of nitrogens with zero attached hydrogens (tertiary/aromatic N) is 2. The van der Waals surface area contributed by atoms with E-state index in [1.165, 1.54) is 17.9 Å². The Kier molecular flexibility index (Phi) is 2.65. The standard InChI is InChI=1S/C11H21N3S/c1-4-14-9(12)13-6-11(14)5-10(2,3)7-15-8-11/h4-8H2,1-3H3,(H2,12,13). The average Bonchev–Trinajstić information content (AvgIpc) is 2.41. The van der Waals surface area contributed by atoms with Crippen molar-refractivity contribution in [2.75, 3.05) is 24.6 Å². The zero-order valence-electron chi connectivity index (χ0n) is 9.92. The van der Waals surface area contributed by atoms with Gasteiger partial charge in [0.15, 0.2) is 5.96 Å². The third-order valence-electron chi connectivity index (χ3n) is 3.37. The van der Waals surface area contributed by atoms with Gasteiger partial charge in [0, 0.05) is 12.3 Å². The molecule has 0 radical (unpaired) electrons. The lowest BCUT2D eigenvalue weighted by molar-refractivity contribution is 0.153. The van der Waals surface area contributed by atoms with Gasteiger partial charge in [-0.3, -0.25) is 4.99 Å². The van der Waals surface area contributed by atoms with E-state index in [-0.39, 0.29) is 5.54 Å². The van der Waals surface area contributed by atoms with Crippen LogP contribution in [0.4, 0.5) is 0 Å². The molecule has 15 heavy (non-hydrogen) atoms. The molecule has 1 atom stereocenters. The predicted octanol–water partition coefficient (Wildman–Crippen LogP) is 1.54. The Balaban J connectivity index is 2.20. The zero-order valence-corrected chi connectivity index (χ0v) is 10.7. The zero-order chi connectivity index (χ0) is 11.1. The molecule has 1 saturated heterocycles. The lowest BCUT2D eigenvalue weighted by Crippen LogP contribution is -2.57. The van der Waals surface area contributed by atoms with Crippen LogP contribution < -0.4 is 5.73 Å². The molecular weight excluding hydrogens is 206 g/mol. The highest BCUT2D eigenvalue weighted by atomic mass is 32.2. The molecule has 3 nitrogen and oxygen atoms in total. The number of guanidine groups is 1. The number of aliphatic imine (C=N–C) groups is 1. The van der Waals surface area contributed by atoms with E-state index >= 15 is 0 Å². The SMILES string of the molecule is CCN1C(N)=NCC12CSCC(C)(C)C2. The minimum absolute atomic E-state index is 0.214. The van der Waals surface area contributed by atoms with Crippen LogP contribution in [0.1, 0.15) is 27.2 Å². The Bertz CT molecular complexity index is 288. The molecule has 0 aliphatic carbocycles. The summed E-state index contributed by atoms with van der Waals surface area (Å²) in [4.78, 5) is 6.74. The van der Waals surface area contributed by atoms with Crippen molar-refractivity contribution in [1.29, 1.82) is 0 Å². The first-order valence-corrected chi connectivity index (χ1v) is 6.80. The minimum atomic E-state index is 0.214. The van der Waals surface area contributed by atoms with Crippen LogP contribution in [0.5, 0.6) is 0 Å². The van der Waals surface area contributed by atoms with Gasteiger partial charge in [-0.2, -0.15) is 11.8 Å². The van der Waals surface area contributed by atoms with E-state index in [4.69, 9.17) is 5.73 Å². The second-order valence-corrected chi connectivity index (χ2v) is 6.46. The number of rotatable bonds is 1. The number of hydrogen-bond acceptors (Lipinski definition) is 4. The molecule has 0 aromatic carbocycles. The molecule has 2 heterocycles. The van der Waals surface area contributed by atoms with Crippen molar-refractivity contribution >= 4 is 17.7 Å². The third-order valence-corrected chi connectivity index (χ3v) is 5.10. The van der Waals surface area contributed by atoms with E-state index in [1.54, 1.807) is 0 Å². The van der Waals surface area contributed by atoms with Crippen LogP contribution >= 0.6 is 11.8 Å². The summed E-state index contributed by atoms with van der Waals surface area (Å²) >= 11 is 2.05. The molecule has 1 fully saturated rings. The minimum Gasteiger partial charge on any atom is -0.370 e. The van der Waals surface area contributed by atoms with Crippen molar-refractivity contribution < 1.29 is 0 Å². The quantitative estimate of drug-likeness (QED) is 0.739. The van der Waals surface area contributed by atoms with Gasteiger partial charge < -0.3 is 10.6 Å². The highest BCUT2D eigenvalue weighted by molar-refractivity contribution is 7.99. The van der Waals surface area contributed by atoms with E-state index in [2.05, 4.69) is 30.7 Å². The summed E-state index contributed by atoms with van der Waals surface area (Å²) in [5.41, 5.74) is 6.58. The lowest BCUT2D eigenvalue weighted by atomic mass is 9.79. The first-order valence-electron chi connectivity index (χ1n) is 5.64. The Morgan fingerprint density at radius 2 is 2.20 bits per heavy atom. The van der Waals surface area contributed by atoms with Gasteiger partial charge in [0.2, 0.25) is 0 Å². The Morgan fingerprint density at radius 1 is 1.47 bits per heavy atom. The first kappa shape index (κ1) is 11.1. The summed E-state index contributed by atoms with van der Waals surface area (Å²) in [6.07, 6.45) is 1.21. The molecule has 1 spiro atoms. The van der Waals surface area contributed by atoms with E-state index in [9.17, 15) is 0 Å². The van der Waals surface area contributed by atoms with Gasteiger partial charge in [-0.25, -0.2) is 0 Å². The number of likely N-dealkylation sites (N-methyl/N-ethyl adjacent to an activating group) is 1. The van der Waals surface area contributed by atoms with E-state index in [1.807, 2.05) is 11.8 Å². The van der Waals surface area contributed by atoms with Crippen LogP contribution in [0.15, 0.2) is 4.99 Å². The van der Waals surface area contributed by atoms with E-state index < -0.39 is 0 Å². The number of nitrogens with two attached hydrogens (primary N) is 1. The molecule has 0 aromatic heterocycles. The molecule has 0 aromatic rings. The summed E-state index contributed by atoms with van der Waals surface area (Å²) in [5.74, 6) is 3.18. The predicted molar refractivity (Wildman–Crippen MR) is 67.3 cm³/mol. The highest BCUT2D eigenvalue weighted by Crippen LogP contribution is 2.43. The molecule has 2 aliphatic rings. The second-order valence-electron chi connectivity index (χ2n) is 5.48. The lowest BCUT2D eigenvalue weighted by Gasteiger charge is -2.47. The van der Waals surface area contributed by atoms with Crippen molar-refractivity contribution in [3.63, 3.8) is 0 Å². The molecule has 2 aliphatic heterocycles. The van der Waals surface area contributed by atoms with Crippen LogP contribution in [0, 0.1) is 5.41 Å². The maximum atomic E-state index is 5.95. The fraction of sp³-hybridized carbons (Fsp3) is 0.909. The molecule has 86 valence electrons. The molecule has 4 heteroatoms. The van der Waals surface area contributed by atoms with Gasteiger partial charge in [0.25, 0.3) is 0 Å². The summed E-state index contributed by atoms with van der Waals surface area (Å²) in [7, 11) is 0. The van der Waals surface area contributed by atoms with Crippen LogP contribution in [0.3, 0.4) is 0 Å². The molecule has 1 unspecified atom stereocenters. The molecule has 0 amide bonds. The summed E-state index contributed by atoms with van der Waals surface area (Å²) < 4.78 is 0. The van der Waals surface area contributed by atoms with Crippen LogP contribution in [-0.2, 0) is 0 Å². The fourth-order valence-corrected chi connectivity index (χ4v) is 4.41. The maximum absolute atomic E-state index is 5.95. The third kappa shape index (κ3) is 1.84. The molecule has 2 rings (SSSR count). The van der Waals surface area contributed by atoms with Crippen molar-refractivity contribution in [1.82, 2.24) is 4.90 Å². The molecule has 0 bridgehead atoms. The largest absolute Gasteiger partial charge is 0.370 e. The topological polar surface area (TPSA) is 41.6 Å². The Labute approximate surface area is 96.5 Å². The van der Waals surface area contributed by atoms with E-state index in [0.717, 1.165) is 19.0 Å². The van der Waals surface area contributed by atoms with Gasteiger partial charge in [-0.15, -0.1) is 0 Å². The monoisotopic (exact) mass is 227 g/mol. The van der Waals surface area contributed by atoms with Crippen molar-refractivity contribution in [2.45, 2.75) is 32.7 Å². The fourth-order valence-electron chi connectivity index (χ4n) is 2.92. The molecule has 2 N–H and O–H groups in total. The summed E-state index contributed by atoms with van der Waals surface area (Å²) in [6.45, 7) is 8.74. The normalized spacial score (nSPS) is 34.6. The van der Waals surface area contributed by atoms with Crippen molar-refractivity contribution in [3.8, 4) is 0 Å². The molecule has 0 saturated carbocycles. The highest BCUT2D eigenvalue weighted by Gasteiger charge is 2.47. The van der Waals surface area contributed by atoms with Crippen molar-refractivity contribution in [2.24, 2.45) is 16.1 Å². The van der Waals surface area contributed by atoms with Gasteiger partial charge in [-0.05, 0) is 24.5 Å². The summed E-state index contributed by atoms with van der Waals surface area (Å²) in [6, 6.07) is 0. The van der Waals surface area contributed by atoms with Crippen LogP contribution in [0.25, 0.3) is 0 Å². The first-order chi connectivity index (χ1) is 6.99. The van der Waals surface area contributed by atoms with Gasteiger partial charge in [0.1, 0.15) is 0 Å². The van der Waals surface area contributed by atoms with Crippen LogP contribution in [0.2, 0.25) is 0 Å². The Hall–Kier alpha value is -0.380. The van der Waals surface area contributed by atoms with E-state index in [0.29, 0.717) is 5.41 Å². The molecular formula is C11H21N3S. The van der Waals surface area contributed by atoms with Gasteiger partial charge in [-0.1, -0.05) is 13.8 Å². The Morgan fingerprint density at radius 3 is 2.80 bits per heavy atom. The average molecular weight is 227 g/mol. The van der Waals surface area contributed by atoms with Gasteiger partial charge in [0.05, 0.1) is 12.1 Å². The second kappa shape index (κ2) is 3.58. The number of hydrogen-bond donors (Lipinski definition) is 1. The summed E-state index contributed by atoms with van der Waals surface area (Å²) in [5, 5.41) is 0. The maximum Gasteiger partial charge on any atom is 0.191 e. The van der Waals surface area contributed by atoms with Crippen molar-refractivity contribution in [3.05, 3.63) is 0 Å². The number of thioether (sulfide) groups is 1. The van der Waals surface area contributed by atoms with Gasteiger partial charge >= 0.3 is 0 Å². The van der Waals surface area contributed by atoms with Crippen LogP contribution in [-0.4, -0.2) is 41.0 Å². The smallest absolute Gasteiger partial charge is 0.191 e.